The molecule has 7 heteroatoms. The van der Waals surface area contributed by atoms with Crippen molar-refractivity contribution in [2.24, 2.45) is 0 Å². The monoisotopic (exact) mass is 790 g/mol. The zero-order valence-electron chi connectivity index (χ0n) is 28.4. The first-order chi connectivity index (χ1) is 21.6. The molecule has 3 aromatic heterocycles. The third-order valence-corrected chi connectivity index (χ3v) is 7.54. The Kier molecular flexibility index (Phi) is 13.5. The van der Waals surface area contributed by atoms with Gasteiger partial charge < -0.3 is 13.7 Å². The second-order valence-electron chi connectivity index (χ2n) is 11.9. The van der Waals surface area contributed by atoms with Crippen molar-refractivity contribution in [1.29, 1.82) is 0 Å². The summed E-state index contributed by atoms with van der Waals surface area (Å²) in [6.45, 7) is 19.2. The van der Waals surface area contributed by atoms with Crippen molar-refractivity contribution in [2.45, 2.75) is 80.4 Å². The zero-order valence-corrected chi connectivity index (χ0v) is 30.8. The quantitative estimate of drug-likeness (QED) is 0.158. The van der Waals surface area contributed by atoms with Crippen LogP contribution in [0.5, 0.6) is 0 Å². The summed E-state index contributed by atoms with van der Waals surface area (Å²) < 4.78 is 6.50. The first-order valence-electron chi connectivity index (χ1n) is 15.6. The van der Waals surface area contributed by atoms with Gasteiger partial charge in [0.2, 0.25) is 0 Å². The molecule has 0 amide bonds. The molecule has 0 atom stereocenters. The molecule has 0 aliphatic carbocycles. The van der Waals surface area contributed by atoms with Gasteiger partial charge in [0.25, 0.3) is 0 Å². The molecule has 3 heterocycles. The van der Waals surface area contributed by atoms with Gasteiger partial charge in [-0.15, -0.1) is 106 Å². The molecule has 0 bridgehead atoms. The van der Waals surface area contributed by atoms with Crippen molar-refractivity contribution >= 4 is 0 Å². The van der Waals surface area contributed by atoms with E-state index in [-0.39, 0.29) is 20.1 Å². The average Bonchev–Trinajstić information content (AvgIpc) is 3.80. The standard InChI is InChI=1S/3C13H15N2.Ir/c3*1-10(2)15-9-8-14-13(15)12-7-5-4-6-11(12)3;/h3*4-6,8-10H,1-3H3;/q3*-1;+3. The second kappa shape index (κ2) is 17.0. The summed E-state index contributed by atoms with van der Waals surface area (Å²) in [5, 5.41) is 0. The van der Waals surface area contributed by atoms with E-state index in [0.29, 0.717) is 18.1 Å². The number of rotatable bonds is 6. The van der Waals surface area contributed by atoms with Crippen LogP contribution in [0.1, 0.15) is 76.4 Å². The van der Waals surface area contributed by atoms with Gasteiger partial charge in [0.1, 0.15) is 0 Å². The molecular formula is C39H45IrN6. The molecule has 0 spiro atoms. The van der Waals surface area contributed by atoms with Crippen LogP contribution in [0, 0.1) is 39.0 Å². The van der Waals surface area contributed by atoms with Crippen LogP contribution in [-0.2, 0) is 20.1 Å². The predicted molar refractivity (Wildman–Crippen MR) is 185 cm³/mol. The van der Waals surface area contributed by atoms with E-state index in [4.69, 9.17) is 0 Å². The molecule has 0 aliphatic rings. The third kappa shape index (κ3) is 8.80. The molecule has 6 nitrogen and oxygen atoms in total. The maximum Gasteiger partial charge on any atom is 3.00 e. The number of benzene rings is 3. The number of aryl methyl sites for hydroxylation is 3. The Labute approximate surface area is 289 Å². The number of hydrogen-bond acceptors (Lipinski definition) is 3. The Balaban J connectivity index is 0.000000186. The molecule has 0 radical (unpaired) electrons. The Morgan fingerprint density at radius 3 is 0.957 bits per heavy atom. The summed E-state index contributed by atoms with van der Waals surface area (Å²) in [4.78, 5) is 13.2. The molecular weight excluding hydrogens is 745 g/mol. The van der Waals surface area contributed by atoms with Gasteiger partial charge in [0.15, 0.2) is 0 Å². The summed E-state index contributed by atoms with van der Waals surface area (Å²) in [5.41, 5.74) is 6.92. The Morgan fingerprint density at radius 2 is 0.739 bits per heavy atom. The molecule has 6 rings (SSSR count). The van der Waals surface area contributed by atoms with Crippen molar-refractivity contribution in [3.8, 4) is 34.2 Å². The van der Waals surface area contributed by atoms with Gasteiger partial charge in [-0.05, 0) is 41.5 Å². The predicted octanol–water partition coefficient (Wildman–Crippen LogP) is 9.72. The van der Waals surface area contributed by atoms with Crippen LogP contribution in [0.25, 0.3) is 34.2 Å². The summed E-state index contributed by atoms with van der Waals surface area (Å²) in [6.07, 6.45) is 11.6. The fourth-order valence-corrected chi connectivity index (χ4v) is 5.06. The smallest absolute Gasteiger partial charge is 0.368 e. The fourth-order valence-electron chi connectivity index (χ4n) is 5.06. The van der Waals surface area contributed by atoms with Crippen molar-refractivity contribution in [3.63, 3.8) is 0 Å². The van der Waals surface area contributed by atoms with E-state index in [0.717, 1.165) is 34.2 Å². The third-order valence-electron chi connectivity index (χ3n) is 7.54. The SMILES string of the molecule is Cc1ccc[c-]c1-c1nccn1C(C)C.Cc1ccc[c-]c1-c1nccn1C(C)C.Cc1ccc[c-]c1-c1nccn1C(C)C.[Ir+3]. The molecule has 46 heavy (non-hydrogen) atoms. The molecule has 0 saturated carbocycles. The first kappa shape index (κ1) is 36.4. The van der Waals surface area contributed by atoms with Crippen molar-refractivity contribution < 1.29 is 20.1 Å². The van der Waals surface area contributed by atoms with Gasteiger partial charge in [-0.1, -0.05) is 20.8 Å². The summed E-state index contributed by atoms with van der Waals surface area (Å²) in [6, 6.07) is 29.1. The van der Waals surface area contributed by atoms with Crippen LogP contribution in [0.2, 0.25) is 0 Å². The number of imidazole rings is 3. The van der Waals surface area contributed by atoms with E-state index in [1.807, 2.05) is 73.6 Å². The van der Waals surface area contributed by atoms with E-state index < -0.39 is 0 Å². The Bertz CT molecular complexity index is 1580. The minimum atomic E-state index is 0. The number of hydrogen-bond donors (Lipinski definition) is 0. The first-order valence-corrected chi connectivity index (χ1v) is 15.6. The fraction of sp³-hybridized carbons (Fsp3) is 0.308. The van der Waals surface area contributed by atoms with Gasteiger partial charge in [0.05, 0.1) is 17.5 Å². The minimum absolute atomic E-state index is 0. The van der Waals surface area contributed by atoms with Crippen LogP contribution >= 0.6 is 0 Å². The molecule has 0 saturated heterocycles. The summed E-state index contributed by atoms with van der Waals surface area (Å²) in [7, 11) is 0. The molecule has 240 valence electrons. The van der Waals surface area contributed by atoms with E-state index in [1.54, 1.807) is 0 Å². The minimum Gasteiger partial charge on any atom is -0.368 e. The van der Waals surface area contributed by atoms with E-state index in [9.17, 15) is 0 Å². The topological polar surface area (TPSA) is 53.5 Å². The van der Waals surface area contributed by atoms with Crippen molar-refractivity contribution in [3.05, 3.63) is 127 Å². The Hall–Kier alpha value is -4.06. The normalized spacial score (nSPS) is 10.7. The van der Waals surface area contributed by atoms with Crippen LogP contribution in [0.4, 0.5) is 0 Å². The van der Waals surface area contributed by atoms with E-state index in [1.165, 1.54) is 16.7 Å². The maximum absolute atomic E-state index is 4.40. The van der Waals surface area contributed by atoms with Crippen molar-refractivity contribution in [2.75, 3.05) is 0 Å². The molecule has 0 aliphatic heterocycles. The molecule has 0 fully saturated rings. The zero-order chi connectivity index (χ0) is 32.5. The summed E-state index contributed by atoms with van der Waals surface area (Å²) >= 11 is 0. The van der Waals surface area contributed by atoms with Crippen molar-refractivity contribution in [1.82, 2.24) is 28.7 Å². The van der Waals surface area contributed by atoms with Gasteiger partial charge >= 0.3 is 20.1 Å². The van der Waals surface area contributed by atoms with Gasteiger partial charge in [0, 0.05) is 55.3 Å². The summed E-state index contributed by atoms with van der Waals surface area (Å²) in [5.74, 6) is 3.01. The van der Waals surface area contributed by atoms with Crippen LogP contribution < -0.4 is 0 Å². The van der Waals surface area contributed by atoms with Gasteiger partial charge in [-0.3, -0.25) is 15.0 Å². The molecule has 0 unspecified atom stereocenters. The largest absolute Gasteiger partial charge is 3.00 e. The maximum atomic E-state index is 4.40. The molecule has 6 aromatic rings. The van der Waals surface area contributed by atoms with E-state index >= 15 is 0 Å². The van der Waals surface area contributed by atoms with Crippen LogP contribution in [0.3, 0.4) is 0 Å². The van der Waals surface area contributed by atoms with Crippen LogP contribution in [-0.4, -0.2) is 28.7 Å². The number of aromatic nitrogens is 6. The van der Waals surface area contributed by atoms with Gasteiger partial charge in [-0.2, -0.15) is 0 Å². The second-order valence-corrected chi connectivity index (χ2v) is 11.9. The van der Waals surface area contributed by atoms with Gasteiger partial charge in [-0.25, -0.2) is 0 Å². The molecule has 0 N–H and O–H groups in total. The van der Waals surface area contributed by atoms with Crippen LogP contribution in [0.15, 0.2) is 91.8 Å². The number of nitrogens with zero attached hydrogens (tertiary/aromatic N) is 6. The van der Waals surface area contributed by atoms with E-state index in [2.05, 4.69) is 127 Å². The Morgan fingerprint density at radius 1 is 0.478 bits per heavy atom. The molecule has 3 aromatic carbocycles. The average molecular weight is 790 g/mol.